The summed E-state index contributed by atoms with van der Waals surface area (Å²) < 4.78 is 16.7. The summed E-state index contributed by atoms with van der Waals surface area (Å²) in [6.45, 7) is 2.73. The Morgan fingerprint density at radius 3 is 2.57 bits per heavy atom. The van der Waals surface area contributed by atoms with E-state index in [1.54, 1.807) is 18.1 Å². The Kier molecular flexibility index (Phi) is 6.82. The van der Waals surface area contributed by atoms with Gasteiger partial charge in [-0.05, 0) is 36.4 Å². The minimum Gasteiger partial charge on any atom is -0.497 e. The van der Waals surface area contributed by atoms with Gasteiger partial charge in [0.05, 0.1) is 19.3 Å². The second kappa shape index (κ2) is 10.3. The van der Waals surface area contributed by atoms with Crippen LogP contribution in [0.15, 0.2) is 53.9 Å². The number of anilines is 1. The molecule has 0 bridgehead atoms. The first kappa shape index (κ1) is 23.1. The number of ether oxygens (including phenoxy) is 3. The zero-order valence-electron chi connectivity index (χ0n) is 19.3. The van der Waals surface area contributed by atoms with Crippen LogP contribution in [-0.2, 0) is 9.59 Å². The van der Waals surface area contributed by atoms with Crippen molar-refractivity contribution in [3.8, 4) is 28.5 Å². The molecule has 1 saturated heterocycles. The van der Waals surface area contributed by atoms with Gasteiger partial charge in [0.2, 0.25) is 12.0 Å². The Balaban J connectivity index is 1.08. The summed E-state index contributed by atoms with van der Waals surface area (Å²) in [6, 6.07) is 15.0. The van der Waals surface area contributed by atoms with Crippen LogP contribution >= 0.6 is 11.3 Å². The van der Waals surface area contributed by atoms with Gasteiger partial charge >= 0.3 is 0 Å². The molecule has 3 heterocycles. The summed E-state index contributed by atoms with van der Waals surface area (Å²) in [5.74, 6) is 1.82. The van der Waals surface area contributed by atoms with E-state index in [0.29, 0.717) is 42.8 Å². The molecule has 0 radical (unpaired) electrons. The fourth-order valence-corrected chi connectivity index (χ4v) is 4.79. The maximum atomic E-state index is 12.9. The lowest BCUT2D eigenvalue weighted by molar-refractivity contribution is -0.143. The van der Waals surface area contributed by atoms with Crippen LogP contribution in [0.4, 0.5) is 5.13 Å². The highest BCUT2D eigenvalue weighted by Crippen LogP contribution is 2.31. The van der Waals surface area contributed by atoms with Crippen molar-refractivity contribution in [2.45, 2.75) is 6.10 Å². The topological polar surface area (TPSA) is 93.2 Å². The number of fused-ring (bicyclic) bond motifs is 1. The third-order valence-corrected chi connectivity index (χ3v) is 6.73. The van der Waals surface area contributed by atoms with Gasteiger partial charge in [-0.3, -0.25) is 14.5 Å². The number of thiazole rings is 1. The number of carbonyl (C=O) groups excluding carboxylic acids is 2. The highest BCUT2D eigenvalue weighted by molar-refractivity contribution is 7.14. The van der Waals surface area contributed by atoms with Crippen LogP contribution in [0.1, 0.15) is 0 Å². The summed E-state index contributed by atoms with van der Waals surface area (Å²) >= 11 is 1.39. The minimum atomic E-state index is -0.649. The number of aromatic nitrogens is 1. The first-order chi connectivity index (χ1) is 17.1. The SMILES string of the molecule is COc1ccc(-c2csc(NC(=O)CN3CCN(C(=O)[C@@H]4COc5ccccc5O4)CC3)n2)cc1. The number of methoxy groups -OCH3 is 1. The minimum absolute atomic E-state index is 0.0857. The third-order valence-electron chi connectivity index (χ3n) is 5.97. The maximum Gasteiger partial charge on any atom is 0.267 e. The van der Waals surface area contributed by atoms with Crippen molar-refractivity contribution in [1.29, 1.82) is 0 Å². The molecule has 2 aliphatic rings. The van der Waals surface area contributed by atoms with E-state index in [1.165, 1.54) is 11.3 Å². The molecule has 3 aromatic rings. The molecular formula is C25H26N4O5S. The van der Waals surface area contributed by atoms with Crippen LogP contribution in [0.25, 0.3) is 11.3 Å². The van der Waals surface area contributed by atoms with Crippen LogP contribution in [0.2, 0.25) is 0 Å². The molecular weight excluding hydrogens is 468 g/mol. The summed E-state index contributed by atoms with van der Waals surface area (Å²) in [6.07, 6.45) is -0.649. The number of para-hydroxylation sites is 2. The molecule has 0 saturated carbocycles. The lowest BCUT2D eigenvalue weighted by Gasteiger charge is -2.36. The van der Waals surface area contributed by atoms with Gasteiger partial charge in [0.1, 0.15) is 12.4 Å². The van der Waals surface area contributed by atoms with Gasteiger partial charge in [-0.15, -0.1) is 11.3 Å². The highest BCUT2D eigenvalue weighted by Gasteiger charge is 2.33. The van der Waals surface area contributed by atoms with Crippen LogP contribution in [0.5, 0.6) is 17.2 Å². The summed E-state index contributed by atoms with van der Waals surface area (Å²) in [7, 11) is 1.63. The Morgan fingerprint density at radius 1 is 1.09 bits per heavy atom. The van der Waals surface area contributed by atoms with Crippen molar-refractivity contribution in [1.82, 2.24) is 14.8 Å². The van der Waals surface area contributed by atoms with E-state index >= 15 is 0 Å². The number of piperazine rings is 1. The molecule has 10 heteroatoms. The first-order valence-corrected chi connectivity index (χ1v) is 12.3. The van der Waals surface area contributed by atoms with Crippen molar-refractivity contribution >= 4 is 28.3 Å². The average molecular weight is 495 g/mol. The Hall–Kier alpha value is -3.63. The van der Waals surface area contributed by atoms with Crippen molar-refractivity contribution in [3.05, 3.63) is 53.9 Å². The van der Waals surface area contributed by atoms with E-state index in [0.717, 1.165) is 17.0 Å². The number of nitrogens with one attached hydrogen (secondary N) is 1. The largest absolute Gasteiger partial charge is 0.497 e. The molecule has 0 aliphatic carbocycles. The number of amides is 2. The number of hydrogen-bond donors (Lipinski definition) is 1. The van der Waals surface area contributed by atoms with Gasteiger partial charge < -0.3 is 24.4 Å². The molecule has 35 heavy (non-hydrogen) atoms. The van der Waals surface area contributed by atoms with Gasteiger partial charge in [0.25, 0.3) is 5.91 Å². The zero-order valence-corrected chi connectivity index (χ0v) is 20.1. The van der Waals surface area contributed by atoms with Crippen LogP contribution in [-0.4, -0.2) is 79.1 Å². The van der Waals surface area contributed by atoms with E-state index < -0.39 is 6.10 Å². The normalized spacial score (nSPS) is 17.6. The molecule has 2 amide bonds. The van der Waals surface area contributed by atoms with Crippen LogP contribution in [0.3, 0.4) is 0 Å². The smallest absolute Gasteiger partial charge is 0.267 e. The Labute approximate surface area is 207 Å². The number of nitrogens with zero attached hydrogens (tertiary/aromatic N) is 3. The monoisotopic (exact) mass is 494 g/mol. The Morgan fingerprint density at radius 2 is 1.83 bits per heavy atom. The predicted octanol–water partition coefficient (Wildman–Crippen LogP) is 2.74. The van der Waals surface area contributed by atoms with Crippen LogP contribution in [0, 0.1) is 0 Å². The standard InChI is InChI=1S/C25H26N4O5S/c1-32-18-8-6-17(7-9-18)19-16-35-25(26-19)27-23(30)14-28-10-12-29(13-11-28)24(31)22-15-33-20-4-2-3-5-21(20)34-22/h2-9,16,22H,10-15H2,1H3,(H,26,27,30)/t22-/m0/s1. The summed E-state index contributed by atoms with van der Waals surface area (Å²) in [5.41, 5.74) is 1.76. The van der Waals surface area contributed by atoms with Crippen molar-refractivity contribution in [3.63, 3.8) is 0 Å². The lowest BCUT2D eigenvalue weighted by Crippen LogP contribution is -2.54. The van der Waals surface area contributed by atoms with E-state index in [1.807, 2.05) is 52.7 Å². The van der Waals surface area contributed by atoms with Crippen molar-refractivity contribution in [2.75, 3.05) is 51.8 Å². The number of hydrogen-bond acceptors (Lipinski definition) is 8. The van der Waals surface area contributed by atoms with Gasteiger partial charge in [0, 0.05) is 37.1 Å². The molecule has 2 aliphatic heterocycles. The second-order valence-corrected chi connectivity index (χ2v) is 9.14. The molecule has 1 atom stereocenters. The average Bonchev–Trinajstić information content (AvgIpc) is 3.36. The van der Waals surface area contributed by atoms with Gasteiger partial charge in [-0.25, -0.2) is 4.98 Å². The summed E-state index contributed by atoms with van der Waals surface area (Å²) in [5, 5.41) is 5.36. The third kappa shape index (κ3) is 5.39. The predicted molar refractivity (Wildman–Crippen MR) is 132 cm³/mol. The summed E-state index contributed by atoms with van der Waals surface area (Å²) in [4.78, 5) is 33.8. The number of rotatable bonds is 6. The van der Waals surface area contributed by atoms with E-state index in [9.17, 15) is 9.59 Å². The lowest BCUT2D eigenvalue weighted by atomic mass is 10.2. The molecule has 1 N–H and O–H groups in total. The van der Waals surface area contributed by atoms with Crippen molar-refractivity contribution in [2.24, 2.45) is 0 Å². The van der Waals surface area contributed by atoms with Crippen LogP contribution < -0.4 is 19.5 Å². The molecule has 0 spiro atoms. The Bertz CT molecular complexity index is 1190. The van der Waals surface area contributed by atoms with E-state index in [4.69, 9.17) is 14.2 Å². The number of carbonyl (C=O) groups is 2. The van der Waals surface area contributed by atoms with Gasteiger partial charge in [-0.1, -0.05) is 12.1 Å². The zero-order chi connectivity index (χ0) is 24.2. The first-order valence-electron chi connectivity index (χ1n) is 11.4. The van der Waals surface area contributed by atoms with E-state index in [2.05, 4.69) is 10.3 Å². The van der Waals surface area contributed by atoms with Gasteiger partial charge in [-0.2, -0.15) is 0 Å². The van der Waals surface area contributed by atoms with Gasteiger partial charge in [0.15, 0.2) is 16.6 Å². The maximum absolute atomic E-state index is 12.9. The molecule has 9 nitrogen and oxygen atoms in total. The molecule has 182 valence electrons. The molecule has 5 rings (SSSR count). The fraction of sp³-hybridized carbons (Fsp3) is 0.320. The quantitative estimate of drug-likeness (QED) is 0.563. The molecule has 2 aromatic carbocycles. The molecule has 0 unspecified atom stereocenters. The van der Waals surface area contributed by atoms with Crippen molar-refractivity contribution < 1.29 is 23.8 Å². The molecule has 1 aromatic heterocycles. The highest BCUT2D eigenvalue weighted by atomic mass is 32.1. The second-order valence-electron chi connectivity index (χ2n) is 8.28. The number of benzene rings is 2. The molecule has 1 fully saturated rings. The van der Waals surface area contributed by atoms with E-state index in [-0.39, 0.29) is 25.0 Å². The fourth-order valence-electron chi connectivity index (χ4n) is 4.06.